The zero-order chi connectivity index (χ0) is 16.2. The third kappa shape index (κ3) is 3.16. The Kier molecular flexibility index (Phi) is 4.52. The van der Waals surface area contributed by atoms with Crippen LogP contribution in [-0.4, -0.2) is 35.5 Å². The first-order chi connectivity index (χ1) is 11.2. The van der Waals surface area contributed by atoms with Crippen LogP contribution in [0.1, 0.15) is 32.1 Å². The molecule has 1 saturated carbocycles. The third-order valence-corrected chi connectivity index (χ3v) is 4.63. The number of hydrazine groups is 1. The molecular weight excluding hydrogens is 288 g/mol. The number of hydrogen-bond donors (Lipinski definition) is 1. The number of amides is 1. The van der Waals surface area contributed by atoms with Gasteiger partial charge >= 0.3 is 0 Å². The van der Waals surface area contributed by atoms with Gasteiger partial charge in [-0.2, -0.15) is 5.26 Å². The second-order valence-electron chi connectivity index (χ2n) is 6.20. The van der Waals surface area contributed by atoms with Crippen LogP contribution in [0.4, 0.5) is 5.69 Å². The van der Waals surface area contributed by atoms with Gasteiger partial charge in [0.15, 0.2) is 0 Å². The second-order valence-corrected chi connectivity index (χ2v) is 6.20. The Morgan fingerprint density at radius 3 is 2.57 bits per heavy atom. The minimum atomic E-state index is -0.0284. The van der Waals surface area contributed by atoms with Crippen molar-refractivity contribution in [2.45, 2.75) is 38.1 Å². The molecule has 0 atom stereocenters. The highest BCUT2D eigenvalue weighted by Gasteiger charge is 2.37. The van der Waals surface area contributed by atoms with E-state index in [4.69, 9.17) is 0 Å². The molecule has 2 aliphatic rings. The van der Waals surface area contributed by atoms with Gasteiger partial charge in [0.05, 0.1) is 23.9 Å². The van der Waals surface area contributed by atoms with E-state index in [0.29, 0.717) is 17.8 Å². The Bertz CT molecular complexity index is 641. The smallest absolute Gasteiger partial charge is 0.273 e. The van der Waals surface area contributed by atoms with Gasteiger partial charge in [-0.1, -0.05) is 37.5 Å². The molecule has 0 unspecified atom stereocenters. The highest BCUT2D eigenvalue weighted by Crippen LogP contribution is 2.30. The van der Waals surface area contributed by atoms with E-state index in [1.165, 1.54) is 19.3 Å². The number of anilines is 1. The summed E-state index contributed by atoms with van der Waals surface area (Å²) in [6.07, 6.45) is 5.69. The molecule has 1 N–H and O–H groups in total. The zero-order valence-corrected chi connectivity index (χ0v) is 13.5. The Morgan fingerprint density at radius 1 is 1.22 bits per heavy atom. The van der Waals surface area contributed by atoms with E-state index in [0.717, 1.165) is 18.5 Å². The number of rotatable bonds is 4. The third-order valence-electron chi connectivity index (χ3n) is 4.63. The van der Waals surface area contributed by atoms with Crippen molar-refractivity contribution in [2.24, 2.45) is 0 Å². The number of nitrogens with one attached hydrogen (secondary N) is 1. The fourth-order valence-corrected chi connectivity index (χ4v) is 3.47. The lowest BCUT2D eigenvalue weighted by atomic mass is 9.94. The van der Waals surface area contributed by atoms with E-state index in [9.17, 15) is 10.1 Å². The molecule has 5 heteroatoms. The lowest BCUT2D eigenvalue weighted by Crippen LogP contribution is -2.41. The van der Waals surface area contributed by atoms with Crippen LogP contribution < -0.4 is 5.43 Å². The molecule has 120 valence electrons. The molecule has 3 rings (SSSR count). The minimum absolute atomic E-state index is 0.0284. The zero-order valence-electron chi connectivity index (χ0n) is 13.5. The monoisotopic (exact) mass is 310 g/mol. The van der Waals surface area contributed by atoms with Gasteiger partial charge in [0.2, 0.25) is 0 Å². The standard InChI is InChI=1S/C18H22N4O/c1-21(20-15-8-4-2-5-9-15)17-14(12-19)13-22(18(17)23)16-10-6-3-7-11-16/h2,4-5,8-9,16,20H,3,6-7,10-11,13H2,1H3. The van der Waals surface area contributed by atoms with E-state index in [1.807, 2.05) is 35.2 Å². The Morgan fingerprint density at radius 2 is 1.91 bits per heavy atom. The van der Waals surface area contributed by atoms with E-state index in [1.54, 1.807) is 12.1 Å². The molecular formula is C18H22N4O. The fraction of sp³-hybridized carbons (Fsp3) is 0.444. The van der Waals surface area contributed by atoms with Crippen LogP contribution in [0.3, 0.4) is 0 Å². The number of carbonyl (C=O) groups excluding carboxylic acids is 1. The van der Waals surface area contributed by atoms with E-state index in [-0.39, 0.29) is 11.9 Å². The quantitative estimate of drug-likeness (QED) is 0.869. The minimum Gasteiger partial charge on any atom is -0.329 e. The van der Waals surface area contributed by atoms with Crippen molar-refractivity contribution in [2.75, 3.05) is 19.0 Å². The van der Waals surface area contributed by atoms with Crippen molar-refractivity contribution >= 4 is 11.6 Å². The number of hydrogen-bond acceptors (Lipinski definition) is 4. The van der Waals surface area contributed by atoms with Gasteiger partial charge < -0.3 is 4.90 Å². The topological polar surface area (TPSA) is 59.4 Å². The Labute approximate surface area is 137 Å². The maximum atomic E-state index is 12.8. The summed E-state index contributed by atoms with van der Waals surface area (Å²) in [5, 5.41) is 11.1. The normalized spacial score (nSPS) is 19.0. The van der Waals surface area contributed by atoms with Crippen LogP contribution >= 0.6 is 0 Å². The first-order valence-electron chi connectivity index (χ1n) is 8.20. The molecule has 23 heavy (non-hydrogen) atoms. The number of nitriles is 1. The van der Waals surface area contributed by atoms with Gasteiger partial charge in [-0.3, -0.25) is 15.2 Å². The van der Waals surface area contributed by atoms with E-state index in [2.05, 4.69) is 11.5 Å². The molecule has 0 aromatic heterocycles. The fourth-order valence-electron chi connectivity index (χ4n) is 3.47. The van der Waals surface area contributed by atoms with Crippen molar-refractivity contribution in [1.82, 2.24) is 9.91 Å². The van der Waals surface area contributed by atoms with Gasteiger partial charge in [-0.15, -0.1) is 0 Å². The second kappa shape index (κ2) is 6.74. The van der Waals surface area contributed by atoms with Gasteiger partial charge in [0, 0.05) is 13.1 Å². The first-order valence-corrected chi connectivity index (χ1v) is 8.20. The Balaban J connectivity index is 1.76. The number of likely N-dealkylation sites (N-methyl/N-ethyl adjacent to an activating group) is 1. The summed E-state index contributed by atoms with van der Waals surface area (Å²) in [5.41, 5.74) is 5.09. The van der Waals surface area contributed by atoms with Crippen LogP contribution in [0.25, 0.3) is 0 Å². The maximum Gasteiger partial charge on any atom is 0.273 e. The Hall–Kier alpha value is -2.48. The van der Waals surface area contributed by atoms with E-state index < -0.39 is 0 Å². The summed E-state index contributed by atoms with van der Waals surface area (Å²) in [5.74, 6) is -0.0284. The molecule has 1 aliphatic heterocycles. The summed E-state index contributed by atoms with van der Waals surface area (Å²) in [4.78, 5) is 14.7. The number of benzene rings is 1. The number of para-hydroxylation sites is 1. The maximum absolute atomic E-state index is 12.8. The molecule has 5 nitrogen and oxygen atoms in total. The molecule has 0 radical (unpaired) electrons. The predicted molar refractivity (Wildman–Crippen MR) is 89.1 cm³/mol. The summed E-state index contributed by atoms with van der Waals surface area (Å²) < 4.78 is 0. The van der Waals surface area contributed by atoms with Crippen molar-refractivity contribution in [3.63, 3.8) is 0 Å². The van der Waals surface area contributed by atoms with Crippen molar-refractivity contribution in [1.29, 1.82) is 5.26 Å². The average Bonchev–Trinajstić information content (AvgIpc) is 2.93. The molecule has 1 aromatic rings. The van der Waals surface area contributed by atoms with Gasteiger partial charge in [0.25, 0.3) is 5.91 Å². The van der Waals surface area contributed by atoms with Crippen LogP contribution in [0.5, 0.6) is 0 Å². The molecule has 0 spiro atoms. The van der Waals surface area contributed by atoms with Crippen molar-refractivity contribution < 1.29 is 4.79 Å². The molecule has 0 bridgehead atoms. The molecule has 0 saturated heterocycles. The summed E-state index contributed by atoms with van der Waals surface area (Å²) >= 11 is 0. The largest absolute Gasteiger partial charge is 0.329 e. The van der Waals surface area contributed by atoms with Gasteiger partial charge in [-0.05, 0) is 25.0 Å². The van der Waals surface area contributed by atoms with Crippen LogP contribution in [0.15, 0.2) is 41.6 Å². The molecule has 1 aromatic carbocycles. The summed E-state index contributed by atoms with van der Waals surface area (Å²) in [6, 6.07) is 12.2. The summed E-state index contributed by atoms with van der Waals surface area (Å²) in [6.45, 7) is 0.441. The molecule has 1 fully saturated rings. The first kappa shape index (κ1) is 15.4. The SMILES string of the molecule is CN(Nc1ccccc1)C1=C(C#N)CN(C2CCCCC2)C1=O. The van der Waals surface area contributed by atoms with Crippen molar-refractivity contribution in [3.05, 3.63) is 41.6 Å². The van der Waals surface area contributed by atoms with Crippen molar-refractivity contribution in [3.8, 4) is 6.07 Å². The van der Waals surface area contributed by atoms with Crippen LogP contribution in [0, 0.1) is 11.3 Å². The van der Waals surface area contributed by atoms with Gasteiger partial charge in [0.1, 0.15) is 5.70 Å². The van der Waals surface area contributed by atoms with Crippen LogP contribution in [0.2, 0.25) is 0 Å². The van der Waals surface area contributed by atoms with Crippen LogP contribution in [-0.2, 0) is 4.79 Å². The number of nitrogens with zero attached hydrogens (tertiary/aromatic N) is 3. The highest BCUT2D eigenvalue weighted by atomic mass is 16.2. The predicted octanol–water partition coefficient (Wildman–Crippen LogP) is 2.90. The molecule has 1 amide bonds. The van der Waals surface area contributed by atoms with E-state index >= 15 is 0 Å². The average molecular weight is 310 g/mol. The van der Waals surface area contributed by atoms with Gasteiger partial charge in [-0.25, -0.2) is 0 Å². The lowest BCUT2D eigenvalue weighted by molar-refractivity contribution is -0.129. The number of carbonyl (C=O) groups is 1. The molecule has 1 heterocycles. The molecule has 1 aliphatic carbocycles. The highest BCUT2D eigenvalue weighted by molar-refractivity contribution is 5.97. The summed E-state index contributed by atoms with van der Waals surface area (Å²) in [7, 11) is 1.79. The lowest BCUT2D eigenvalue weighted by Gasteiger charge is -2.32.